The van der Waals surface area contributed by atoms with Gasteiger partial charge in [-0.3, -0.25) is 11.1 Å². The summed E-state index contributed by atoms with van der Waals surface area (Å²) < 4.78 is 47.0. The molecule has 0 saturated carbocycles. The van der Waals surface area contributed by atoms with Crippen LogP contribution in [0.4, 0.5) is 0 Å². The van der Waals surface area contributed by atoms with Crippen LogP contribution in [0.2, 0.25) is 0 Å². The van der Waals surface area contributed by atoms with E-state index in [1.165, 1.54) is 29.7 Å². The first-order valence-electron chi connectivity index (χ1n) is 19.4. The van der Waals surface area contributed by atoms with Crippen molar-refractivity contribution in [1.29, 1.82) is 0 Å². The van der Waals surface area contributed by atoms with Crippen LogP contribution in [0, 0.1) is 47.5 Å². The van der Waals surface area contributed by atoms with E-state index in [0.717, 1.165) is 62.3 Å². The van der Waals surface area contributed by atoms with Crippen LogP contribution < -0.4 is 0 Å². The van der Waals surface area contributed by atoms with Gasteiger partial charge in [-0.25, -0.2) is 12.0 Å². The molecule has 0 N–H and O–H groups in total. The van der Waals surface area contributed by atoms with Gasteiger partial charge in [0.1, 0.15) is 0 Å². The molecule has 4 nitrogen and oxygen atoms in total. The van der Waals surface area contributed by atoms with Crippen molar-refractivity contribution < 1.29 is 31.7 Å². The Morgan fingerprint density at radius 3 is 2.77 bits per heavy atom. The number of thioether (sulfide) groups is 1. The molecule has 9 atom stereocenters. The molecule has 0 amide bonds. The van der Waals surface area contributed by atoms with Crippen molar-refractivity contribution in [2.45, 2.75) is 135 Å². The number of rotatable bonds is 3. The Morgan fingerprint density at radius 1 is 1.20 bits per heavy atom. The predicted molar refractivity (Wildman–Crippen MR) is 183 cm³/mol. The summed E-state index contributed by atoms with van der Waals surface area (Å²) in [5.74, 6) is 3.74. The second kappa shape index (κ2) is 14.4. The smallest absolute Gasteiger partial charge is 0.171 e. The predicted octanol–water partition coefficient (Wildman–Crippen LogP) is 10.5. The molecule has 0 bridgehead atoms. The molecule has 7 aliphatic rings. The molecule has 5 heterocycles. The topological polar surface area (TPSA) is 49.8 Å². The molecule has 2 saturated heterocycles. The minimum Gasteiger partial charge on any atom is -0.769 e. The molecule has 0 aromatic heterocycles. The Hall–Kier alpha value is -0.941. The third-order valence-corrected chi connectivity index (χ3v) is 11.5. The summed E-state index contributed by atoms with van der Waals surface area (Å²) in [5.41, 5.74) is 4.92. The number of aliphatic imine (C=N–C) groups is 1. The van der Waals surface area contributed by atoms with Gasteiger partial charge in [0.15, 0.2) is 6.23 Å². The molecule has 5 aliphatic heterocycles. The van der Waals surface area contributed by atoms with Gasteiger partial charge >= 0.3 is 0 Å². The van der Waals surface area contributed by atoms with E-state index in [-0.39, 0.29) is 48.9 Å². The standard InChI is InChI=1S/C24H34N2OS.C14H21N.Ir/c1-14-8-10-18-17-6-5-7-19(21(17)27-22(18)25-14)20-11-9-15-12-16(13-24(2,3)4)28-23(15)26-20;1-10-4-6-13(7-5-10)14-8-11(2)12(3)9-15-14;/h7,9,16-18,20,22-23H,5-6,8,10-13H2,1-4H3;8,10-12H,4-6,9H2,1-3H3;/q2*-2;/t16-,17?,18?,20+,22?,23+;10-,11+,12-;/m01./s1/i1D3,13D2;;. The van der Waals surface area contributed by atoms with Crippen LogP contribution in [0.3, 0.4) is 0 Å². The summed E-state index contributed by atoms with van der Waals surface area (Å²) >= 11 is 1.67. The van der Waals surface area contributed by atoms with Crippen molar-refractivity contribution in [3.63, 3.8) is 0 Å². The summed E-state index contributed by atoms with van der Waals surface area (Å²) in [5, 5.41) is 9.77. The Morgan fingerprint density at radius 2 is 2.05 bits per heavy atom. The quantitative estimate of drug-likeness (QED) is 0.211. The molecule has 7 rings (SSSR count). The SMILES string of the molecule is C[C@H]1C[C-]=C(C2=C[C@H](C)[C@H](C)C[N-]2)CC1.[2H]C([2H])([2H])C1=NC2OC3=C([C@H]4CC=C5C[C@@H](C([2H])([2H])C(C)(C)C)S[C@H]5[N-]4)[CH-]CCC3C2CC1.[Ir]. The number of fused-ring (bicyclic) bond motifs is 4. The zero-order chi connectivity index (χ0) is 34.6. The molecule has 247 valence electrons. The summed E-state index contributed by atoms with van der Waals surface area (Å²) in [7, 11) is 0. The van der Waals surface area contributed by atoms with E-state index in [0.29, 0.717) is 29.9 Å². The van der Waals surface area contributed by atoms with E-state index < -0.39 is 18.6 Å². The molecule has 0 aromatic rings. The van der Waals surface area contributed by atoms with Gasteiger partial charge in [-0.05, 0) is 61.9 Å². The molecule has 0 spiro atoms. The molecular weight excluding hydrogens is 739 g/mol. The first-order chi connectivity index (χ1) is 22.5. The minimum absolute atomic E-state index is 0. The summed E-state index contributed by atoms with van der Waals surface area (Å²) in [6.45, 7) is 11.7. The Balaban J connectivity index is 0.000000246. The fourth-order valence-corrected chi connectivity index (χ4v) is 9.09. The summed E-state index contributed by atoms with van der Waals surface area (Å²) in [6.07, 6.45) is 17.3. The fourth-order valence-electron chi connectivity index (χ4n) is 7.48. The van der Waals surface area contributed by atoms with Crippen LogP contribution in [0.1, 0.15) is 119 Å². The van der Waals surface area contributed by atoms with Gasteiger partial charge in [-0.1, -0.05) is 89.7 Å². The van der Waals surface area contributed by atoms with Crippen LogP contribution in [0.25, 0.3) is 10.6 Å². The van der Waals surface area contributed by atoms with Crippen molar-refractivity contribution in [3.8, 4) is 0 Å². The van der Waals surface area contributed by atoms with Crippen LogP contribution >= 0.6 is 11.8 Å². The van der Waals surface area contributed by atoms with Gasteiger partial charge in [0.05, 0.1) is 0 Å². The second-order valence-corrected chi connectivity index (χ2v) is 16.3. The summed E-state index contributed by atoms with van der Waals surface area (Å²) in [4.78, 5) is 4.53. The molecule has 6 heteroatoms. The molecule has 2 fully saturated rings. The van der Waals surface area contributed by atoms with Gasteiger partial charge in [-0.15, -0.1) is 25.4 Å². The van der Waals surface area contributed by atoms with Crippen molar-refractivity contribution >= 4 is 17.5 Å². The van der Waals surface area contributed by atoms with E-state index in [1.54, 1.807) is 11.8 Å². The van der Waals surface area contributed by atoms with Crippen molar-refractivity contribution in [1.82, 2.24) is 0 Å². The maximum absolute atomic E-state index is 8.71. The third kappa shape index (κ3) is 7.95. The van der Waals surface area contributed by atoms with Crippen LogP contribution in [-0.2, 0) is 24.8 Å². The van der Waals surface area contributed by atoms with Gasteiger partial charge in [0, 0.05) is 43.8 Å². The minimum atomic E-state index is -2.14. The first-order valence-corrected chi connectivity index (χ1v) is 17.8. The van der Waals surface area contributed by atoms with E-state index in [1.807, 2.05) is 20.8 Å². The van der Waals surface area contributed by atoms with Crippen LogP contribution in [-0.4, -0.2) is 35.1 Å². The number of ether oxygens (including phenoxy) is 1. The molecule has 0 aromatic carbocycles. The zero-order valence-electron chi connectivity index (χ0n) is 32.5. The normalized spacial score (nSPS) is 40.2. The first kappa shape index (κ1) is 28.1. The van der Waals surface area contributed by atoms with Crippen LogP contribution in [0.15, 0.2) is 45.3 Å². The van der Waals surface area contributed by atoms with E-state index in [9.17, 15) is 0 Å². The second-order valence-electron chi connectivity index (χ2n) is 15.0. The number of hydrogen-bond donors (Lipinski definition) is 0. The molecule has 3 unspecified atom stereocenters. The Bertz CT molecular complexity index is 1380. The summed E-state index contributed by atoms with van der Waals surface area (Å²) in [6, 6.07) is 0.0227. The van der Waals surface area contributed by atoms with Crippen molar-refractivity contribution in [2.24, 2.45) is 40.0 Å². The average Bonchev–Trinajstić information content (AvgIpc) is 3.63. The number of hydrogen-bond acceptors (Lipinski definition) is 3. The van der Waals surface area contributed by atoms with E-state index >= 15 is 0 Å². The van der Waals surface area contributed by atoms with Crippen molar-refractivity contribution in [2.75, 3.05) is 6.54 Å². The molecular formula is C38H55IrN3OS-4. The molecule has 44 heavy (non-hydrogen) atoms. The zero-order valence-corrected chi connectivity index (χ0v) is 30.7. The van der Waals surface area contributed by atoms with E-state index in [4.69, 9.17) is 16.9 Å². The third-order valence-electron chi connectivity index (χ3n) is 10.2. The maximum atomic E-state index is 8.71. The fraction of sp³-hybridized carbons (Fsp3) is 0.737. The van der Waals surface area contributed by atoms with Gasteiger partial charge in [0.2, 0.25) is 0 Å². The largest absolute Gasteiger partial charge is 0.769 e. The number of nitrogens with zero attached hydrogens (tertiary/aromatic N) is 3. The monoisotopic (exact) mass is 799 g/mol. The van der Waals surface area contributed by atoms with Gasteiger partial charge < -0.3 is 21.1 Å². The average molecular weight is 799 g/mol. The Kier molecular flexibility index (Phi) is 9.23. The molecule has 1 radical (unpaired) electrons. The van der Waals surface area contributed by atoms with Crippen molar-refractivity contribution in [3.05, 3.63) is 63.5 Å². The Labute approximate surface area is 293 Å². The van der Waals surface area contributed by atoms with E-state index in [2.05, 4.69) is 55.7 Å². The van der Waals surface area contributed by atoms with Crippen LogP contribution in [0.5, 0.6) is 0 Å². The number of allylic oxidation sites excluding steroid dienone is 4. The van der Waals surface area contributed by atoms with Gasteiger partial charge in [0.25, 0.3) is 0 Å². The maximum Gasteiger partial charge on any atom is 0.171 e. The van der Waals surface area contributed by atoms with Gasteiger partial charge in [-0.2, -0.15) is 23.4 Å². The molecule has 2 aliphatic carbocycles.